The summed E-state index contributed by atoms with van der Waals surface area (Å²) in [6.07, 6.45) is 4.17. The van der Waals surface area contributed by atoms with Gasteiger partial charge in [0.05, 0.1) is 0 Å². The fourth-order valence-electron chi connectivity index (χ4n) is 3.88. The third-order valence-corrected chi connectivity index (χ3v) is 5.10. The molecule has 96 valence electrons. The van der Waals surface area contributed by atoms with E-state index in [1.54, 1.807) is 0 Å². The zero-order valence-corrected chi connectivity index (χ0v) is 10.9. The standard InChI is InChI=1S/C16H22N2/c1-2-4-12(5-3-1)14-10-15(14)17-16-11-18-8-6-13(16)7-9-18/h1-5,13-17H,6-11H2. The number of rotatable bonds is 3. The molecule has 1 aromatic rings. The minimum absolute atomic E-state index is 0.748. The summed E-state index contributed by atoms with van der Waals surface area (Å²) in [5.74, 6) is 1.73. The molecule has 1 aliphatic carbocycles. The van der Waals surface area contributed by atoms with Crippen molar-refractivity contribution in [1.82, 2.24) is 10.2 Å². The van der Waals surface area contributed by atoms with Crippen molar-refractivity contribution < 1.29 is 0 Å². The molecule has 0 amide bonds. The molecular formula is C16H22N2. The maximum absolute atomic E-state index is 3.93. The van der Waals surface area contributed by atoms with Crippen molar-refractivity contribution in [2.45, 2.75) is 37.3 Å². The molecule has 5 rings (SSSR count). The highest BCUT2D eigenvalue weighted by molar-refractivity contribution is 5.27. The van der Waals surface area contributed by atoms with E-state index < -0.39 is 0 Å². The molecule has 2 nitrogen and oxygen atoms in total. The molecule has 4 aliphatic rings. The van der Waals surface area contributed by atoms with Gasteiger partial charge in [0.25, 0.3) is 0 Å². The van der Waals surface area contributed by atoms with Crippen molar-refractivity contribution in [3.63, 3.8) is 0 Å². The van der Waals surface area contributed by atoms with E-state index in [4.69, 9.17) is 0 Å². The first-order valence-corrected chi connectivity index (χ1v) is 7.43. The first kappa shape index (κ1) is 11.0. The van der Waals surface area contributed by atoms with Gasteiger partial charge < -0.3 is 10.2 Å². The Balaban J connectivity index is 1.37. The van der Waals surface area contributed by atoms with Crippen LogP contribution in [-0.4, -0.2) is 36.6 Å². The topological polar surface area (TPSA) is 15.3 Å². The number of nitrogens with zero attached hydrogens (tertiary/aromatic N) is 1. The smallest absolute Gasteiger partial charge is 0.0227 e. The molecular weight excluding hydrogens is 220 g/mol. The average Bonchev–Trinajstić information content (AvgIpc) is 3.20. The van der Waals surface area contributed by atoms with Crippen LogP contribution in [0.1, 0.15) is 30.7 Å². The fraction of sp³-hybridized carbons (Fsp3) is 0.625. The van der Waals surface area contributed by atoms with Gasteiger partial charge in [-0.25, -0.2) is 0 Å². The SMILES string of the molecule is c1ccc(C2CC2NC2CN3CCC2CC3)cc1. The monoisotopic (exact) mass is 242 g/mol. The van der Waals surface area contributed by atoms with Gasteiger partial charge in [0.15, 0.2) is 0 Å². The molecule has 1 aromatic carbocycles. The molecule has 3 atom stereocenters. The van der Waals surface area contributed by atoms with E-state index in [2.05, 4.69) is 40.5 Å². The van der Waals surface area contributed by atoms with Crippen molar-refractivity contribution in [1.29, 1.82) is 0 Å². The van der Waals surface area contributed by atoms with Gasteiger partial charge in [-0.05, 0) is 43.8 Å². The van der Waals surface area contributed by atoms with Gasteiger partial charge >= 0.3 is 0 Å². The Labute approximate surface area is 109 Å². The van der Waals surface area contributed by atoms with E-state index in [0.717, 1.165) is 23.9 Å². The van der Waals surface area contributed by atoms with Gasteiger partial charge in [-0.15, -0.1) is 0 Å². The van der Waals surface area contributed by atoms with Crippen LogP contribution in [0.3, 0.4) is 0 Å². The van der Waals surface area contributed by atoms with Gasteiger partial charge in [-0.2, -0.15) is 0 Å². The second-order valence-corrected chi connectivity index (χ2v) is 6.27. The van der Waals surface area contributed by atoms with Gasteiger partial charge in [0.1, 0.15) is 0 Å². The number of benzene rings is 1. The first-order valence-electron chi connectivity index (χ1n) is 7.43. The van der Waals surface area contributed by atoms with Crippen LogP contribution in [0.5, 0.6) is 0 Å². The second kappa shape index (κ2) is 4.36. The fourth-order valence-corrected chi connectivity index (χ4v) is 3.88. The van der Waals surface area contributed by atoms with E-state index in [0.29, 0.717) is 0 Å². The predicted octanol–water partition coefficient (Wildman–Crippen LogP) is 2.23. The minimum atomic E-state index is 0.748. The zero-order valence-electron chi connectivity index (χ0n) is 10.9. The molecule has 3 unspecified atom stereocenters. The Hall–Kier alpha value is -0.860. The normalized spacial score (nSPS) is 41.9. The van der Waals surface area contributed by atoms with Gasteiger partial charge in [-0.1, -0.05) is 30.3 Å². The van der Waals surface area contributed by atoms with Crippen molar-refractivity contribution in [2.24, 2.45) is 5.92 Å². The molecule has 18 heavy (non-hydrogen) atoms. The second-order valence-electron chi connectivity index (χ2n) is 6.27. The van der Waals surface area contributed by atoms with E-state index in [-0.39, 0.29) is 0 Å². The van der Waals surface area contributed by atoms with Crippen molar-refractivity contribution >= 4 is 0 Å². The molecule has 1 N–H and O–H groups in total. The Bertz CT molecular complexity index is 408. The van der Waals surface area contributed by atoms with Gasteiger partial charge in [0, 0.05) is 24.5 Å². The number of hydrogen-bond donors (Lipinski definition) is 1. The van der Waals surface area contributed by atoms with Crippen LogP contribution in [0.15, 0.2) is 30.3 Å². The molecule has 2 bridgehead atoms. The highest BCUT2D eigenvalue weighted by atomic mass is 15.2. The Kier molecular flexibility index (Phi) is 2.66. The average molecular weight is 242 g/mol. The van der Waals surface area contributed by atoms with Crippen LogP contribution >= 0.6 is 0 Å². The summed E-state index contributed by atoms with van der Waals surface area (Å²) < 4.78 is 0. The molecule has 3 saturated heterocycles. The van der Waals surface area contributed by atoms with E-state index in [1.165, 1.54) is 44.5 Å². The zero-order chi connectivity index (χ0) is 11.9. The largest absolute Gasteiger partial charge is 0.309 e. The summed E-state index contributed by atoms with van der Waals surface area (Å²) in [6, 6.07) is 12.5. The quantitative estimate of drug-likeness (QED) is 0.874. The summed E-state index contributed by atoms with van der Waals surface area (Å²) >= 11 is 0. The summed E-state index contributed by atoms with van der Waals surface area (Å²) in [5.41, 5.74) is 1.52. The molecule has 2 heteroatoms. The maximum atomic E-state index is 3.93. The molecule has 0 spiro atoms. The predicted molar refractivity (Wildman–Crippen MR) is 73.7 cm³/mol. The minimum Gasteiger partial charge on any atom is -0.309 e. The van der Waals surface area contributed by atoms with E-state index >= 15 is 0 Å². The summed E-state index contributed by atoms with van der Waals surface area (Å²) in [6.45, 7) is 3.98. The summed E-state index contributed by atoms with van der Waals surface area (Å²) in [5, 5.41) is 3.93. The van der Waals surface area contributed by atoms with E-state index in [1.807, 2.05) is 0 Å². The Morgan fingerprint density at radius 2 is 1.78 bits per heavy atom. The van der Waals surface area contributed by atoms with Crippen LogP contribution in [0, 0.1) is 5.92 Å². The lowest BCUT2D eigenvalue weighted by Gasteiger charge is -2.45. The third kappa shape index (κ3) is 1.98. The number of hydrogen-bond acceptors (Lipinski definition) is 2. The molecule has 4 fully saturated rings. The van der Waals surface area contributed by atoms with Crippen molar-refractivity contribution in [3.05, 3.63) is 35.9 Å². The molecule has 3 heterocycles. The van der Waals surface area contributed by atoms with Crippen LogP contribution < -0.4 is 5.32 Å². The van der Waals surface area contributed by atoms with Crippen LogP contribution in [-0.2, 0) is 0 Å². The first-order chi connectivity index (χ1) is 8.90. The summed E-state index contributed by atoms with van der Waals surface area (Å²) in [4.78, 5) is 2.64. The lowest BCUT2D eigenvalue weighted by Crippen LogP contribution is -2.56. The lowest BCUT2D eigenvalue weighted by molar-refractivity contribution is 0.0717. The summed E-state index contributed by atoms with van der Waals surface area (Å²) in [7, 11) is 0. The number of fused-ring (bicyclic) bond motifs is 3. The third-order valence-electron chi connectivity index (χ3n) is 5.10. The van der Waals surface area contributed by atoms with Crippen LogP contribution in [0.4, 0.5) is 0 Å². The highest BCUT2D eigenvalue weighted by Crippen LogP contribution is 2.42. The van der Waals surface area contributed by atoms with Gasteiger partial charge in [-0.3, -0.25) is 0 Å². The van der Waals surface area contributed by atoms with Crippen LogP contribution in [0.2, 0.25) is 0 Å². The number of nitrogens with one attached hydrogen (secondary N) is 1. The molecule has 0 radical (unpaired) electrons. The maximum Gasteiger partial charge on any atom is 0.0227 e. The lowest BCUT2D eigenvalue weighted by atomic mass is 9.84. The van der Waals surface area contributed by atoms with Crippen molar-refractivity contribution in [2.75, 3.05) is 19.6 Å². The van der Waals surface area contributed by atoms with Crippen LogP contribution in [0.25, 0.3) is 0 Å². The van der Waals surface area contributed by atoms with E-state index in [9.17, 15) is 0 Å². The molecule has 1 saturated carbocycles. The van der Waals surface area contributed by atoms with Crippen molar-refractivity contribution in [3.8, 4) is 0 Å². The number of piperidine rings is 3. The molecule has 0 aromatic heterocycles. The van der Waals surface area contributed by atoms with Gasteiger partial charge in [0.2, 0.25) is 0 Å². The molecule has 3 aliphatic heterocycles. The highest BCUT2D eigenvalue weighted by Gasteiger charge is 2.42. The Morgan fingerprint density at radius 1 is 1.00 bits per heavy atom. The Morgan fingerprint density at radius 3 is 2.44 bits per heavy atom.